The SMILES string of the molecule is CCCCC(C#N)(C#N)CC(C)=O. The van der Waals surface area contributed by atoms with Crippen LogP contribution in [0.1, 0.15) is 39.5 Å². The lowest BCUT2D eigenvalue weighted by atomic mass is 9.81. The van der Waals surface area contributed by atoms with Crippen molar-refractivity contribution < 1.29 is 4.79 Å². The molecule has 0 saturated carbocycles. The molecule has 0 spiro atoms. The van der Waals surface area contributed by atoms with Gasteiger partial charge in [-0.15, -0.1) is 0 Å². The third-order valence-electron chi connectivity index (χ3n) is 1.94. The molecule has 0 amide bonds. The molecule has 0 aliphatic rings. The van der Waals surface area contributed by atoms with Crippen LogP contribution in [-0.2, 0) is 4.79 Å². The van der Waals surface area contributed by atoms with E-state index >= 15 is 0 Å². The van der Waals surface area contributed by atoms with Crippen molar-refractivity contribution >= 4 is 5.78 Å². The first kappa shape index (κ1) is 11.6. The number of unbranched alkanes of at least 4 members (excludes halogenated alkanes) is 1. The number of hydrogen-bond acceptors (Lipinski definition) is 3. The summed E-state index contributed by atoms with van der Waals surface area (Å²) in [6.45, 7) is 3.41. The molecule has 0 aromatic heterocycles. The van der Waals surface area contributed by atoms with E-state index in [2.05, 4.69) is 0 Å². The monoisotopic (exact) mass is 178 g/mol. The summed E-state index contributed by atoms with van der Waals surface area (Å²) in [5.41, 5.74) is -1.08. The van der Waals surface area contributed by atoms with Gasteiger partial charge in [-0.1, -0.05) is 19.8 Å². The van der Waals surface area contributed by atoms with E-state index in [9.17, 15) is 4.79 Å². The highest BCUT2D eigenvalue weighted by molar-refractivity contribution is 5.77. The predicted molar refractivity (Wildman–Crippen MR) is 48.5 cm³/mol. The van der Waals surface area contributed by atoms with E-state index in [0.717, 1.165) is 12.8 Å². The maximum Gasteiger partial charge on any atom is 0.150 e. The highest BCUT2D eigenvalue weighted by atomic mass is 16.1. The Balaban J connectivity index is 4.45. The molecule has 0 unspecified atom stereocenters. The van der Waals surface area contributed by atoms with Gasteiger partial charge in [0.2, 0.25) is 0 Å². The van der Waals surface area contributed by atoms with Crippen molar-refractivity contribution in [1.82, 2.24) is 0 Å². The molecule has 70 valence electrons. The van der Waals surface area contributed by atoms with Crippen LogP contribution in [0.4, 0.5) is 0 Å². The average molecular weight is 178 g/mol. The Hall–Kier alpha value is -1.35. The van der Waals surface area contributed by atoms with Crippen LogP contribution in [0.2, 0.25) is 0 Å². The molecule has 13 heavy (non-hydrogen) atoms. The van der Waals surface area contributed by atoms with Crippen molar-refractivity contribution in [2.45, 2.75) is 39.5 Å². The van der Waals surface area contributed by atoms with Crippen molar-refractivity contribution in [1.29, 1.82) is 10.5 Å². The summed E-state index contributed by atoms with van der Waals surface area (Å²) in [6.07, 6.45) is 2.30. The van der Waals surface area contributed by atoms with E-state index in [1.165, 1.54) is 6.92 Å². The summed E-state index contributed by atoms with van der Waals surface area (Å²) >= 11 is 0. The third-order valence-corrected chi connectivity index (χ3v) is 1.94. The van der Waals surface area contributed by atoms with Gasteiger partial charge < -0.3 is 0 Å². The molecule has 0 atom stereocenters. The van der Waals surface area contributed by atoms with Gasteiger partial charge in [0.05, 0.1) is 12.1 Å². The number of rotatable bonds is 5. The highest BCUT2D eigenvalue weighted by Gasteiger charge is 2.30. The van der Waals surface area contributed by atoms with Crippen molar-refractivity contribution in [3.05, 3.63) is 0 Å². The molecule has 0 rings (SSSR count). The molecule has 0 N–H and O–H groups in total. The van der Waals surface area contributed by atoms with Crippen LogP contribution in [0.25, 0.3) is 0 Å². The van der Waals surface area contributed by atoms with E-state index in [1.807, 2.05) is 19.1 Å². The summed E-state index contributed by atoms with van der Waals surface area (Å²) in [5, 5.41) is 17.7. The zero-order valence-electron chi connectivity index (χ0n) is 8.13. The average Bonchev–Trinajstić information content (AvgIpc) is 2.12. The minimum atomic E-state index is -1.08. The molecule has 0 radical (unpaired) electrons. The molecule has 0 aromatic rings. The second-order valence-electron chi connectivity index (χ2n) is 3.29. The largest absolute Gasteiger partial charge is 0.300 e. The maximum absolute atomic E-state index is 10.8. The van der Waals surface area contributed by atoms with Crippen LogP contribution < -0.4 is 0 Å². The molecule has 0 fully saturated rings. The van der Waals surface area contributed by atoms with Gasteiger partial charge in [0.1, 0.15) is 5.78 Å². The van der Waals surface area contributed by atoms with E-state index in [0.29, 0.717) is 6.42 Å². The number of ketones is 1. The fourth-order valence-electron chi connectivity index (χ4n) is 1.21. The number of hydrogen-bond donors (Lipinski definition) is 0. The lowest BCUT2D eigenvalue weighted by Crippen LogP contribution is -2.19. The van der Waals surface area contributed by atoms with Gasteiger partial charge in [-0.25, -0.2) is 0 Å². The first-order valence-electron chi connectivity index (χ1n) is 4.42. The van der Waals surface area contributed by atoms with Crippen LogP contribution >= 0.6 is 0 Å². The molecular formula is C10H14N2O. The summed E-state index contributed by atoms with van der Waals surface area (Å²) in [6, 6.07) is 3.90. The zero-order chi connectivity index (χ0) is 10.3. The van der Waals surface area contributed by atoms with Crippen LogP contribution in [-0.4, -0.2) is 5.78 Å². The predicted octanol–water partition coefficient (Wildman–Crippen LogP) is 2.19. The molecule has 0 heterocycles. The Morgan fingerprint density at radius 1 is 1.38 bits per heavy atom. The summed E-state index contributed by atoms with van der Waals surface area (Å²) in [7, 11) is 0. The highest BCUT2D eigenvalue weighted by Crippen LogP contribution is 2.27. The maximum atomic E-state index is 10.8. The topological polar surface area (TPSA) is 64.7 Å². The van der Waals surface area contributed by atoms with E-state index in [1.54, 1.807) is 0 Å². The Labute approximate surface area is 79.0 Å². The zero-order valence-corrected chi connectivity index (χ0v) is 8.13. The van der Waals surface area contributed by atoms with Gasteiger partial charge in [-0.3, -0.25) is 4.79 Å². The van der Waals surface area contributed by atoms with Gasteiger partial charge in [-0.05, 0) is 13.3 Å². The van der Waals surface area contributed by atoms with Crippen LogP contribution in [0.15, 0.2) is 0 Å². The van der Waals surface area contributed by atoms with Gasteiger partial charge in [0.15, 0.2) is 5.41 Å². The third kappa shape index (κ3) is 3.71. The smallest absolute Gasteiger partial charge is 0.150 e. The van der Waals surface area contributed by atoms with Crippen molar-refractivity contribution in [3.8, 4) is 12.1 Å². The first-order chi connectivity index (χ1) is 6.10. The number of nitriles is 2. The Morgan fingerprint density at radius 3 is 2.23 bits per heavy atom. The van der Waals surface area contributed by atoms with Crippen LogP contribution in [0.5, 0.6) is 0 Å². The summed E-state index contributed by atoms with van der Waals surface area (Å²) < 4.78 is 0. The normalized spacial score (nSPS) is 10.2. The van der Waals surface area contributed by atoms with Gasteiger partial charge >= 0.3 is 0 Å². The first-order valence-corrected chi connectivity index (χ1v) is 4.42. The Bertz CT molecular complexity index is 243. The van der Waals surface area contributed by atoms with Crippen molar-refractivity contribution in [3.63, 3.8) is 0 Å². The van der Waals surface area contributed by atoms with Crippen molar-refractivity contribution in [2.24, 2.45) is 5.41 Å². The number of nitrogens with zero attached hydrogens (tertiary/aromatic N) is 2. The molecule has 0 aliphatic heterocycles. The summed E-state index contributed by atoms with van der Waals surface area (Å²) in [4.78, 5) is 10.8. The molecular weight excluding hydrogens is 164 g/mol. The molecule has 0 bridgehead atoms. The van der Waals surface area contributed by atoms with Gasteiger partial charge in [0.25, 0.3) is 0 Å². The van der Waals surface area contributed by atoms with Crippen LogP contribution in [0, 0.1) is 28.1 Å². The molecule has 0 saturated heterocycles. The Kier molecular flexibility index (Phi) is 4.77. The van der Waals surface area contributed by atoms with Gasteiger partial charge in [-0.2, -0.15) is 10.5 Å². The van der Waals surface area contributed by atoms with Crippen LogP contribution in [0.3, 0.4) is 0 Å². The fraction of sp³-hybridized carbons (Fsp3) is 0.700. The Morgan fingerprint density at radius 2 is 1.92 bits per heavy atom. The minimum Gasteiger partial charge on any atom is -0.300 e. The minimum absolute atomic E-state index is 0.0556. The van der Waals surface area contributed by atoms with E-state index in [-0.39, 0.29) is 12.2 Å². The number of Topliss-reactive ketones (excluding diaryl/α,β-unsaturated/α-hetero) is 1. The molecule has 0 aliphatic carbocycles. The standard InChI is InChI=1S/C10H14N2O/c1-3-4-5-10(7-11,8-12)6-9(2)13/h3-6H2,1-2H3. The summed E-state index contributed by atoms with van der Waals surface area (Å²) in [5.74, 6) is -0.0980. The number of carbonyl (C=O) groups excluding carboxylic acids is 1. The molecule has 3 nitrogen and oxygen atoms in total. The van der Waals surface area contributed by atoms with E-state index < -0.39 is 5.41 Å². The lowest BCUT2D eigenvalue weighted by Gasteiger charge is -2.15. The fourth-order valence-corrected chi connectivity index (χ4v) is 1.21. The second kappa shape index (κ2) is 5.32. The molecule has 0 aromatic carbocycles. The number of carbonyl (C=O) groups is 1. The molecule has 3 heteroatoms. The lowest BCUT2D eigenvalue weighted by molar-refractivity contribution is -0.118. The van der Waals surface area contributed by atoms with Crippen molar-refractivity contribution in [2.75, 3.05) is 0 Å². The quantitative estimate of drug-likeness (QED) is 0.648. The second-order valence-corrected chi connectivity index (χ2v) is 3.29. The van der Waals surface area contributed by atoms with E-state index in [4.69, 9.17) is 10.5 Å². The van der Waals surface area contributed by atoms with Gasteiger partial charge in [0, 0.05) is 6.42 Å².